The number of benzene rings is 2. The van der Waals surface area contributed by atoms with Crippen LogP contribution in [-0.2, 0) is 12.7 Å². The Morgan fingerprint density at radius 1 is 1.15 bits per heavy atom. The SMILES string of the molecule is CC(N1Cc2cccc(NC(=O)c3c(C(F)(F)F)cnc4ccccc34)c2C1=O)C(C)(C)O. The first-order valence-electron chi connectivity index (χ1n) is 10.3. The molecule has 2 amide bonds. The second-order valence-electron chi connectivity index (χ2n) is 8.62. The molecule has 33 heavy (non-hydrogen) atoms. The minimum absolute atomic E-state index is 0.0565. The molecule has 1 aliphatic heterocycles. The molecule has 2 heterocycles. The number of rotatable bonds is 4. The standard InChI is InChI=1S/C24H22F3N3O3/c1-13(23(2,3)33)30-12-14-7-6-10-18(19(14)22(30)32)29-21(31)20-15-8-4-5-9-17(15)28-11-16(20)24(25,26)27/h4-11,13,33H,12H2,1-3H3,(H,29,31). The van der Waals surface area contributed by atoms with Crippen molar-refractivity contribution in [3.05, 3.63) is 70.9 Å². The molecule has 0 spiro atoms. The summed E-state index contributed by atoms with van der Waals surface area (Å²) < 4.78 is 41.1. The molecule has 172 valence electrons. The van der Waals surface area contributed by atoms with Gasteiger partial charge in [0.25, 0.3) is 11.8 Å². The van der Waals surface area contributed by atoms with Crippen LogP contribution >= 0.6 is 0 Å². The molecule has 1 unspecified atom stereocenters. The summed E-state index contributed by atoms with van der Waals surface area (Å²) in [5, 5.41) is 12.9. The number of alkyl halides is 3. The summed E-state index contributed by atoms with van der Waals surface area (Å²) in [6.07, 6.45) is -4.15. The van der Waals surface area contributed by atoms with Crippen molar-refractivity contribution in [2.45, 2.75) is 45.1 Å². The molecule has 0 saturated carbocycles. The Bertz CT molecular complexity index is 1270. The van der Waals surface area contributed by atoms with Gasteiger partial charge < -0.3 is 15.3 Å². The van der Waals surface area contributed by atoms with Gasteiger partial charge in [0, 0.05) is 18.1 Å². The second kappa shape index (κ2) is 7.84. The quantitative estimate of drug-likeness (QED) is 0.599. The number of nitrogens with one attached hydrogen (secondary N) is 1. The van der Waals surface area contributed by atoms with E-state index in [1.807, 2.05) is 0 Å². The summed E-state index contributed by atoms with van der Waals surface area (Å²) in [5.74, 6) is -1.40. The zero-order valence-electron chi connectivity index (χ0n) is 18.2. The van der Waals surface area contributed by atoms with Crippen molar-refractivity contribution in [2.24, 2.45) is 0 Å². The zero-order chi connectivity index (χ0) is 24.1. The second-order valence-corrected chi connectivity index (χ2v) is 8.62. The Morgan fingerprint density at radius 2 is 1.85 bits per heavy atom. The molecular weight excluding hydrogens is 435 g/mol. The maximum Gasteiger partial charge on any atom is 0.418 e. The monoisotopic (exact) mass is 457 g/mol. The number of hydrogen-bond donors (Lipinski definition) is 2. The lowest BCUT2D eigenvalue weighted by Crippen LogP contribution is -2.47. The first kappa shape index (κ1) is 22.7. The maximum atomic E-state index is 13.7. The van der Waals surface area contributed by atoms with Crippen molar-refractivity contribution in [1.82, 2.24) is 9.88 Å². The molecule has 1 aliphatic rings. The van der Waals surface area contributed by atoms with E-state index in [2.05, 4.69) is 10.3 Å². The van der Waals surface area contributed by atoms with Crippen molar-refractivity contribution >= 4 is 28.4 Å². The van der Waals surface area contributed by atoms with Gasteiger partial charge in [0.05, 0.1) is 39.5 Å². The minimum atomic E-state index is -4.79. The van der Waals surface area contributed by atoms with Crippen LogP contribution in [0, 0.1) is 0 Å². The molecule has 6 nitrogen and oxygen atoms in total. The lowest BCUT2D eigenvalue weighted by molar-refractivity contribution is -0.138. The fourth-order valence-electron chi connectivity index (χ4n) is 3.97. The normalized spacial score (nSPS) is 15.0. The van der Waals surface area contributed by atoms with Crippen molar-refractivity contribution in [3.8, 4) is 0 Å². The van der Waals surface area contributed by atoms with Gasteiger partial charge in [-0.3, -0.25) is 14.6 Å². The van der Waals surface area contributed by atoms with Crippen LogP contribution in [0.1, 0.15) is 52.6 Å². The summed E-state index contributed by atoms with van der Waals surface area (Å²) >= 11 is 0. The Labute approximate surface area is 188 Å². The maximum absolute atomic E-state index is 13.7. The minimum Gasteiger partial charge on any atom is -0.388 e. The average molecular weight is 457 g/mol. The highest BCUT2D eigenvalue weighted by Gasteiger charge is 2.40. The first-order chi connectivity index (χ1) is 15.4. The molecule has 0 saturated heterocycles. The van der Waals surface area contributed by atoms with Gasteiger partial charge in [-0.1, -0.05) is 30.3 Å². The van der Waals surface area contributed by atoms with E-state index in [1.54, 1.807) is 39.0 Å². The van der Waals surface area contributed by atoms with Crippen LogP contribution in [0.15, 0.2) is 48.7 Å². The number of hydrogen-bond acceptors (Lipinski definition) is 4. The number of aliphatic hydroxyl groups is 1. The van der Waals surface area contributed by atoms with Crippen molar-refractivity contribution in [2.75, 3.05) is 5.32 Å². The fourth-order valence-corrected chi connectivity index (χ4v) is 3.97. The average Bonchev–Trinajstić information content (AvgIpc) is 3.08. The molecule has 0 bridgehead atoms. The van der Waals surface area contributed by atoms with Gasteiger partial charge in [0.2, 0.25) is 0 Å². The zero-order valence-corrected chi connectivity index (χ0v) is 18.2. The lowest BCUT2D eigenvalue weighted by atomic mass is 9.99. The van der Waals surface area contributed by atoms with Gasteiger partial charge in [-0.15, -0.1) is 0 Å². The Morgan fingerprint density at radius 3 is 2.52 bits per heavy atom. The predicted octanol–water partition coefficient (Wildman–Crippen LogP) is 4.62. The number of nitrogens with zero attached hydrogens (tertiary/aromatic N) is 2. The van der Waals surface area contributed by atoms with Crippen LogP contribution in [0.3, 0.4) is 0 Å². The third kappa shape index (κ3) is 4.04. The number of amides is 2. The number of pyridine rings is 1. The highest BCUT2D eigenvalue weighted by Crippen LogP contribution is 2.37. The van der Waals surface area contributed by atoms with Crippen LogP contribution in [0.5, 0.6) is 0 Å². The van der Waals surface area contributed by atoms with E-state index < -0.39 is 40.8 Å². The van der Waals surface area contributed by atoms with Crippen molar-refractivity contribution < 1.29 is 27.9 Å². The van der Waals surface area contributed by atoms with Gasteiger partial charge >= 0.3 is 6.18 Å². The smallest absolute Gasteiger partial charge is 0.388 e. The molecule has 9 heteroatoms. The molecule has 1 atom stereocenters. The van der Waals surface area contributed by atoms with E-state index in [9.17, 15) is 27.9 Å². The van der Waals surface area contributed by atoms with Gasteiger partial charge in [-0.25, -0.2) is 0 Å². The van der Waals surface area contributed by atoms with E-state index in [0.717, 1.165) is 0 Å². The molecule has 0 aliphatic carbocycles. The lowest BCUT2D eigenvalue weighted by Gasteiger charge is -2.33. The number of halogens is 3. The van der Waals surface area contributed by atoms with Crippen LogP contribution in [0.2, 0.25) is 0 Å². The number of aromatic nitrogens is 1. The van der Waals surface area contributed by atoms with Crippen LogP contribution in [-0.4, -0.2) is 38.4 Å². The third-order valence-corrected chi connectivity index (χ3v) is 6.01. The number of carbonyl (C=O) groups is 2. The van der Waals surface area contributed by atoms with Gasteiger partial charge in [0.15, 0.2) is 0 Å². The Kier molecular flexibility index (Phi) is 5.40. The van der Waals surface area contributed by atoms with Crippen LogP contribution in [0.4, 0.5) is 18.9 Å². The highest BCUT2D eigenvalue weighted by atomic mass is 19.4. The molecule has 4 rings (SSSR count). The molecular formula is C24H22F3N3O3. The van der Waals surface area contributed by atoms with E-state index in [4.69, 9.17) is 0 Å². The summed E-state index contributed by atoms with van der Waals surface area (Å²) in [5.41, 5.74) is -1.71. The molecule has 0 radical (unpaired) electrons. The van der Waals surface area contributed by atoms with Crippen molar-refractivity contribution in [1.29, 1.82) is 0 Å². The molecule has 2 aromatic carbocycles. The Balaban J connectivity index is 1.76. The van der Waals surface area contributed by atoms with Crippen molar-refractivity contribution in [3.63, 3.8) is 0 Å². The molecule has 0 fully saturated rings. The predicted molar refractivity (Wildman–Crippen MR) is 117 cm³/mol. The van der Waals surface area contributed by atoms with E-state index in [0.29, 0.717) is 11.8 Å². The highest BCUT2D eigenvalue weighted by molar-refractivity contribution is 6.16. The third-order valence-electron chi connectivity index (χ3n) is 6.01. The molecule has 3 aromatic rings. The van der Waals surface area contributed by atoms with Gasteiger partial charge in [-0.05, 0) is 38.5 Å². The summed E-state index contributed by atoms with van der Waals surface area (Å²) in [7, 11) is 0. The molecule has 1 aromatic heterocycles. The van der Waals surface area contributed by atoms with Gasteiger partial charge in [-0.2, -0.15) is 13.2 Å². The largest absolute Gasteiger partial charge is 0.418 e. The summed E-state index contributed by atoms with van der Waals surface area (Å²) in [6.45, 7) is 5.10. The number of anilines is 1. The van der Waals surface area contributed by atoms with E-state index in [-0.39, 0.29) is 28.7 Å². The number of carbonyl (C=O) groups excluding carboxylic acids is 2. The number of para-hydroxylation sites is 1. The molecule has 2 N–H and O–H groups in total. The Hall–Kier alpha value is -3.46. The van der Waals surface area contributed by atoms with Crippen LogP contribution < -0.4 is 5.32 Å². The topological polar surface area (TPSA) is 82.5 Å². The van der Waals surface area contributed by atoms with E-state index >= 15 is 0 Å². The van der Waals surface area contributed by atoms with Crippen LogP contribution in [0.25, 0.3) is 10.9 Å². The number of fused-ring (bicyclic) bond motifs is 2. The van der Waals surface area contributed by atoms with E-state index in [1.165, 1.54) is 29.2 Å². The van der Waals surface area contributed by atoms with Gasteiger partial charge in [0.1, 0.15) is 0 Å². The fraction of sp³-hybridized carbons (Fsp3) is 0.292. The first-order valence-corrected chi connectivity index (χ1v) is 10.3. The summed E-state index contributed by atoms with van der Waals surface area (Å²) in [6, 6.07) is 10.3. The summed E-state index contributed by atoms with van der Waals surface area (Å²) in [4.78, 5) is 31.6.